The summed E-state index contributed by atoms with van der Waals surface area (Å²) in [4.78, 5) is 7.15. The molecule has 120 valence electrons. The molecule has 0 aliphatic carbocycles. The maximum Gasteiger partial charge on any atom is 0.111 e. The highest BCUT2D eigenvalue weighted by molar-refractivity contribution is 6.31. The van der Waals surface area contributed by atoms with E-state index in [9.17, 15) is 0 Å². The molecule has 0 bridgehead atoms. The molecule has 22 heavy (non-hydrogen) atoms. The van der Waals surface area contributed by atoms with Crippen molar-refractivity contribution in [3.05, 3.63) is 29.0 Å². The number of nitrogens with zero attached hydrogens (tertiary/aromatic N) is 3. The van der Waals surface area contributed by atoms with Crippen LogP contribution in [0.5, 0.6) is 0 Å². The van der Waals surface area contributed by atoms with Crippen LogP contribution >= 0.6 is 11.6 Å². The zero-order valence-electron chi connectivity index (χ0n) is 12.8. The third-order valence-electron chi connectivity index (χ3n) is 4.12. The Morgan fingerprint density at radius 1 is 1.23 bits per heavy atom. The van der Waals surface area contributed by atoms with Gasteiger partial charge in [0.15, 0.2) is 0 Å². The lowest BCUT2D eigenvalue weighted by atomic mass is 10.3. The fourth-order valence-electron chi connectivity index (χ4n) is 3.00. The molecule has 5 nitrogen and oxygen atoms in total. The minimum atomic E-state index is 0.612. The van der Waals surface area contributed by atoms with E-state index in [1.54, 1.807) is 0 Å². The third-order valence-corrected chi connectivity index (χ3v) is 4.35. The summed E-state index contributed by atoms with van der Waals surface area (Å²) in [5.41, 5.74) is 7.83. The Bertz CT molecular complexity index is 622. The lowest BCUT2D eigenvalue weighted by Gasteiger charge is -2.26. The van der Waals surface area contributed by atoms with Gasteiger partial charge in [0, 0.05) is 37.6 Å². The zero-order chi connectivity index (χ0) is 15.4. The van der Waals surface area contributed by atoms with Crippen molar-refractivity contribution in [2.45, 2.75) is 19.4 Å². The number of morpholine rings is 1. The van der Waals surface area contributed by atoms with Gasteiger partial charge in [-0.2, -0.15) is 0 Å². The molecule has 2 N–H and O–H groups in total. The molecular formula is C16H23ClN4O. The van der Waals surface area contributed by atoms with Gasteiger partial charge in [0.05, 0.1) is 24.2 Å². The normalized spacial score (nSPS) is 16.5. The number of halogens is 1. The summed E-state index contributed by atoms with van der Waals surface area (Å²) >= 11 is 6.07. The fourth-order valence-corrected chi connectivity index (χ4v) is 3.17. The smallest absolute Gasteiger partial charge is 0.111 e. The van der Waals surface area contributed by atoms with Crippen LogP contribution in [-0.2, 0) is 17.7 Å². The molecule has 0 atom stereocenters. The first-order valence-corrected chi connectivity index (χ1v) is 8.30. The standard InChI is InChI=1S/C16H23ClN4O/c17-13-2-3-15-14(12-13)19-16(4-5-18)21(15)7-1-6-20-8-10-22-11-9-20/h2-3,12H,1,4-11,18H2. The van der Waals surface area contributed by atoms with Gasteiger partial charge in [-0.1, -0.05) is 11.6 Å². The summed E-state index contributed by atoms with van der Waals surface area (Å²) in [6.45, 7) is 6.45. The molecule has 0 saturated carbocycles. The maximum absolute atomic E-state index is 6.07. The van der Waals surface area contributed by atoms with Gasteiger partial charge in [-0.05, 0) is 31.2 Å². The van der Waals surface area contributed by atoms with Gasteiger partial charge in [0.25, 0.3) is 0 Å². The van der Waals surface area contributed by atoms with Crippen LogP contribution in [0.1, 0.15) is 12.2 Å². The molecule has 2 aromatic rings. The second-order valence-corrected chi connectivity index (χ2v) is 6.10. The highest BCUT2D eigenvalue weighted by Crippen LogP contribution is 2.21. The van der Waals surface area contributed by atoms with Gasteiger partial charge in [-0.15, -0.1) is 0 Å². The van der Waals surface area contributed by atoms with Gasteiger partial charge < -0.3 is 15.0 Å². The van der Waals surface area contributed by atoms with E-state index in [2.05, 4.69) is 15.5 Å². The van der Waals surface area contributed by atoms with Crippen LogP contribution in [0.15, 0.2) is 18.2 Å². The number of fused-ring (bicyclic) bond motifs is 1. The Kier molecular flexibility index (Phi) is 5.31. The molecule has 1 aromatic heterocycles. The predicted molar refractivity (Wildman–Crippen MR) is 89.4 cm³/mol. The van der Waals surface area contributed by atoms with E-state index >= 15 is 0 Å². The Balaban J connectivity index is 1.71. The average molecular weight is 323 g/mol. The molecule has 1 fully saturated rings. The molecule has 3 rings (SSSR count). The van der Waals surface area contributed by atoms with Crippen LogP contribution in [0.2, 0.25) is 5.02 Å². The van der Waals surface area contributed by atoms with Gasteiger partial charge >= 0.3 is 0 Å². The number of hydrogen-bond donors (Lipinski definition) is 1. The average Bonchev–Trinajstić information content (AvgIpc) is 2.85. The predicted octanol–water partition coefficient (Wildman–Crippen LogP) is 1.91. The van der Waals surface area contributed by atoms with Gasteiger partial charge in [0.1, 0.15) is 5.82 Å². The van der Waals surface area contributed by atoms with Crippen LogP contribution in [0.25, 0.3) is 11.0 Å². The molecule has 1 aromatic carbocycles. The molecule has 1 saturated heterocycles. The quantitative estimate of drug-likeness (QED) is 0.882. The number of benzene rings is 1. The minimum Gasteiger partial charge on any atom is -0.379 e. The van der Waals surface area contributed by atoms with Crippen LogP contribution < -0.4 is 5.73 Å². The number of aromatic nitrogens is 2. The molecular weight excluding hydrogens is 300 g/mol. The highest BCUT2D eigenvalue weighted by Gasteiger charge is 2.13. The SMILES string of the molecule is NCCc1nc2cc(Cl)ccc2n1CCCN1CCOCC1. The monoisotopic (exact) mass is 322 g/mol. The van der Waals surface area contributed by atoms with Crippen LogP contribution in [0.4, 0.5) is 0 Å². The molecule has 0 amide bonds. The molecule has 1 aliphatic heterocycles. The molecule has 1 aliphatic rings. The Hall–Kier alpha value is -1.14. The van der Waals surface area contributed by atoms with E-state index < -0.39 is 0 Å². The summed E-state index contributed by atoms with van der Waals surface area (Å²) in [5.74, 6) is 1.06. The van der Waals surface area contributed by atoms with E-state index in [4.69, 9.17) is 27.1 Å². The van der Waals surface area contributed by atoms with E-state index in [0.717, 1.165) is 74.1 Å². The first-order valence-electron chi connectivity index (χ1n) is 7.93. The van der Waals surface area contributed by atoms with Crippen molar-refractivity contribution in [2.75, 3.05) is 39.4 Å². The van der Waals surface area contributed by atoms with Crippen molar-refractivity contribution in [3.63, 3.8) is 0 Å². The van der Waals surface area contributed by atoms with Gasteiger partial charge in [-0.3, -0.25) is 4.90 Å². The molecule has 0 radical (unpaired) electrons. The first-order chi connectivity index (χ1) is 10.8. The number of nitrogens with two attached hydrogens (primary N) is 1. The summed E-state index contributed by atoms with van der Waals surface area (Å²) in [6, 6.07) is 5.91. The molecule has 0 unspecified atom stereocenters. The Morgan fingerprint density at radius 2 is 2.05 bits per heavy atom. The summed E-state index contributed by atoms with van der Waals surface area (Å²) < 4.78 is 7.68. The minimum absolute atomic E-state index is 0.612. The Morgan fingerprint density at radius 3 is 2.82 bits per heavy atom. The van der Waals surface area contributed by atoms with E-state index in [0.29, 0.717) is 6.54 Å². The zero-order valence-corrected chi connectivity index (χ0v) is 13.6. The number of aryl methyl sites for hydroxylation is 1. The summed E-state index contributed by atoms with van der Waals surface area (Å²) in [5, 5.41) is 0.727. The van der Waals surface area contributed by atoms with Gasteiger partial charge in [-0.25, -0.2) is 4.98 Å². The molecule has 6 heteroatoms. The topological polar surface area (TPSA) is 56.3 Å². The second-order valence-electron chi connectivity index (χ2n) is 5.66. The van der Waals surface area contributed by atoms with E-state index in [1.165, 1.54) is 0 Å². The first kappa shape index (κ1) is 15.7. The van der Waals surface area contributed by atoms with Crippen molar-refractivity contribution in [3.8, 4) is 0 Å². The van der Waals surface area contributed by atoms with Crippen molar-refractivity contribution < 1.29 is 4.74 Å². The maximum atomic E-state index is 6.07. The van der Waals surface area contributed by atoms with Crippen LogP contribution in [0, 0.1) is 0 Å². The fraction of sp³-hybridized carbons (Fsp3) is 0.562. The number of ether oxygens (including phenoxy) is 1. The van der Waals surface area contributed by atoms with Crippen molar-refractivity contribution in [2.24, 2.45) is 5.73 Å². The van der Waals surface area contributed by atoms with E-state index in [-0.39, 0.29) is 0 Å². The lowest BCUT2D eigenvalue weighted by molar-refractivity contribution is 0.0369. The van der Waals surface area contributed by atoms with Crippen LogP contribution in [-0.4, -0.2) is 53.8 Å². The number of imidazole rings is 1. The van der Waals surface area contributed by atoms with E-state index in [1.807, 2.05) is 12.1 Å². The van der Waals surface area contributed by atoms with Gasteiger partial charge in [0.2, 0.25) is 0 Å². The lowest BCUT2D eigenvalue weighted by Crippen LogP contribution is -2.37. The molecule has 2 heterocycles. The van der Waals surface area contributed by atoms with Crippen molar-refractivity contribution in [1.29, 1.82) is 0 Å². The Labute approximate surface area is 136 Å². The number of rotatable bonds is 6. The van der Waals surface area contributed by atoms with Crippen molar-refractivity contribution >= 4 is 22.6 Å². The second kappa shape index (κ2) is 7.42. The highest BCUT2D eigenvalue weighted by atomic mass is 35.5. The molecule has 0 spiro atoms. The van der Waals surface area contributed by atoms with Crippen molar-refractivity contribution in [1.82, 2.24) is 14.5 Å². The largest absolute Gasteiger partial charge is 0.379 e. The summed E-state index contributed by atoms with van der Waals surface area (Å²) in [7, 11) is 0. The third kappa shape index (κ3) is 3.60. The summed E-state index contributed by atoms with van der Waals surface area (Å²) in [6.07, 6.45) is 1.90. The van der Waals surface area contributed by atoms with Crippen LogP contribution in [0.3, 0.4) is 0 Å². The number of hydrogen-bond acceptors (Lipinski definition) is 4.